The third kappa shape index (κ3) is 4.65. The predicted molar refractivity (Wildman–Crippen MR) is 95.2 cm³/mol. The molecular formula is C18H20N4O3. The first kappa shape index (κ1) is 18.2. The Kier molecular flexibility index (Phi) is 5.86. The number of amides is 3. The number of nitrogens with two attached hydrogens (primary N) is 2. The van der Waals surface area contributed by atoms with Crippen molar-refractivity contribution in [2.45, 2.75) is 20.0 Å². The molecule has 0 spiro atoms. The largest absolute Gasteiger partial charge is 0.399 e. The summed E-state index contributed by atoms with van der Waals surface area (Å²) in [6, 6.07) is 13.6. The van der Waals surface area contributed by atoms with E-state index in [-0.39, 0.29) is 12.2 Å². The summed E-state index contributed by atoms with van der Waals surface area (Å²) in [4.78, 5) is 37.2. The topological polar surface area (TPSA) is 119 Å². The number of carbonyl (C=O) groups is 3. The lowest BCUT2D eigenvalue weighted by atomic mass is 10.1. The number of anilines is 2. The van der Waals surface area contributed by atoms with E-state index in [1.54, 1.807) is 12.1 Å². The summed E-state index contributed by atoms with van der Waals surface area (Å²) < 4.78 is 0. The van der Waals surface area contributed by atoms with Crippen LogP contribution in [0.5, 0.6) is 0 Å². The first-order chi connectivity index (χ1) is 11.9. The fourth-order valence-electron chi connectivity index (χ4n) is 2.33. The van der Waals surface area contributed by atoms with Crippen molar-refractivity contribution < 1.29 is 14.4 Å². The number of nitrogen functional groups attached to an aromatic ring is 1. The maximum atomic E-state index is 12.4. The summed E-state index contributed by atoms with van der Waals surface area (Å²) in [6.45, 7) is 1.74. The molecule has 7 nitrogen and oxygen atoms in total. The van der Waals surface area contributed by atoms with E-state index >= 15 is 0 Å². The zero-order chi connectivity index (χ0) is 18.4. The van der Waals surface area contributed by atoms with Gasteiger partial charge in [0.2, 0.25) is 5.91 Å². The number of rotatable bonds is 4. The average molecular weight is 340 g/mol. The Bertz CT molecular complexity index is 804. The molecule has 130 valence electrons. The molecule has 0 aliphatic heterocycles. The molecule has 0 fully saturated rings. The van der Waals surface area contributed by atoms with Gasteiger partial charge in [-0.3, -0.25) is 14.4 Å². The van der Waals surface area contributed by atoms with E-state index in [4.69, 9.17) is 11.5 Å². The molecule has 25 heavy (non-hydrogen) atoms. The maximum absolute atomic E-state index is 12.4. The van der Waals surface area contributed by atoms with Crippen LogP contribution in [0.2, 0.25) is 0 Å². The Morgan fingerprint density at radius 1 is 1.04 bits per heavy atom. The van der Waals surface area contributed by atoms with Crippen LogP contribution in [0.25, 0.3) is 0 Å². The number of nitrogens with one attached hydrogen (secondary N) is 1. The minimum absolute atomic E-state index is 0.154. The molecule has 0 aromatic heterocycles. The van der Waals surface area contributed by atoms with Crippen molar-refractivity contribution in [2.75, 3.05) is 10.6 Å². The Labute approximate surface area is 145 Å². The highest BCUT2D eigenvalue weighted by Crippen LogP contribution is 2.18. The smallest absolute Gasteiger partial charge is 0.323 e. The summed E-state index contributed by atoms with van der Waals surface area (Å²) >= 11 is 0. The highest BCUT2D eigenvalue weighted by molar-refractivity contribution is 6.45. The third-order valence-corrected chi connectivity index (χ3v) is 3.52. The van der Waals surface area contributed by atoms with E-state index in [0.717, 1.165) is 16.0 Å². The molecule has 0 saturated carbocycles. The van der Waals surface area contributed by atoms with Crippen LogP contribution in [0.15, 0.2) is 48.5 Å². The molecule has 0 saturated heterocycles. The second-order valence-electron chi connectivity index (χ2n) is 5.46. The fourth-order valence-corrected chi connectivity index (χ4v) is 2.33. The maximum Gasteiger partial charge on any atom is 0.323 e. The van der Waals surface area contributed by atoms with Gasteiger partial charge in [0, 0.05) is 25.7 Å². The molecule has 0 bridgehead atoms. The van der Waals surface area contributed by atoms with Crippen LogP contribution in [0.1, 0.15) is 18.1 Å². The van der Waals surface area contributed by atoms with Crippen LogP contribution in [0.4, 0.5) is 11.4 Å². The van der Waals surface area contributed by atoms with Gasteiger partial charge in [-0.05, 0) is 29.3 Å². The molecule has 2 aromatic rings. The van der Waals surface area contributed by atoms with Crippen LogP contribution in [0.3, 0.4) is 0 Å². The van der Waals surface area contributed by atoms with Gasteiger partial charge in [-0.2, -0.15) is 0 Å². The molecule has 3 amide bonds. The van der Waals surface area contributed by atoms with Crippen LogP contribution >= 0.6 is 0 Å². The summed E-state index contributed by atoms with van der Waals surface area (Å²) in [7, 11) is 0. The van der Waals surface area contributed by atoms with Crippen LogP contribution in [-0.2, 0) is 27.5 Å². The van der Waals surface area contributed by atoms with E-state index in [1.165, 1.54) is 19.1 Å². The molecule has 0 radical (unpaired) electrons. The molecule has 5 N–H and O–H groups in total. The Hall–Kier alpha value is -3.19. The molecule has 7 heteroatoms. The lowest BCUT2D eigenvalue weighted by Crippen LogP contribution is -2.45. The van der Waals surface area contributed by atoms with Gasteiger partial charge in [0.15, 0.2) is 0 Å². The second kappa shape index (κ2) is 8.07. The minimum atomic E-state index is -0.965. The zero-order valence-corrected chi connectivity index (χ0v) is 13.9. The Balaban J connectivity index is 2.10. The highest BCUT2D eigenvalue weighted by Gasteiger charge is 2.26. The lowest BCUT2D eigenvalue weighted by molar-refractivity contribution is -0.139. The number of hydrogen-bond donors (Lipinski definition) is 3. The van der Waals surface area contributed by atoms with E-state index < -0.39 is 17.7 Å². The van der Waals surface area contributed by atoms with E-state index in [2.05, 4.69) is 5.32 Å². The molecule has 0 aliphatic rings. The van der Waals surface area contributed by atoms with E-state index in [9.17, 15) is 14.4 Å². The minimum Gasteiger partial charge on any atom is -0.399 e. The van der Waals surface area contributed by atoms with Crippen molar-refractivity contribution in [3.05, 3.63) is 59.7 Å². The second-order valence-corrected chi connectivity index (χ2v) is 5.46. The summed E-state index contributed by atoms with van der Waals surface area (Å²) in [5.41, 5.74) is 13.6. The van der Waals surface area contributed by atoms with Crippen molar-refractivity contribution in [2.24, 2.45) is 5.73 Å². The molecule has 2 rings (SSSR count). The molecular weight excluding hydrogens is 320 g/mol. The standard InChI is InChI=1S/C18H20N4O3/c1-12(23)22(16-7-3-6-15(20)9-16)18(25)17(24)21-11-14-5-2-4-13(8-14)10-19/h2-9H,10-11,19-20H2,1H3,(H,21,24). The van der Waals surface area contributed by atoms with Gasteiger partial charge in [-0.25, -0.2) is 4.90 Å². The number of imide groups is 1. The summed E-state index contributed by atoms with van der Waals surface area (Å²) in [6.07, 6.45) is 0. The van der Waals surface area contributed by atoms with Crippen molar-refractivity contribution in [1.82, 2.24) is 5.32 Å². The number of hydrogen-bond acceptors (Lipinski definition) is 5. The van der Waals surface area contributed by atoms with E-state index in [0.29, 0.717) is 12.2 Å². The predicted octanol–water partition coefficient (Wildman–Crippen LogP) is 0.923. The quantitative estimate of drug-likeness (QED) is 0.565. The molecule has 0 heterocycles. The van der Waals surface area contributed by atoms with Crippen molar-refractivity contribution in [3.63, 3.8) is 0 Å². The van der Waals surface area contributed by atoms with Gasteiger partial charge < -0.3 is 16.8 Å². The van der Waals surface area contributed by atoms with Gasteiger partial charge in [-0.15, -0.1) is 0 Å². The van der Waals surface area contributed by atoms with Gasteiger partial charge >= 0.3 is 11.8 Å². The highest BCUT2D eigenvalue weighted by atomic mass is 16.2. The van der Waals surface area contributed by atoms with Gasteiger partial charge in [0.25, 0.3) is 0 Å². The molecule has 0 unspecified atom stereocenters. The lowest BCUT2D eigenvalue weighted by Gasteiger charge is -2.19. The van der Waals surface area contributed by atoms with Gasteiger partial charge in [0.1, 0.15) is 0 Å². The fraction of sp³-hybridized carbons (Fsp3) is 0.167. The van der Waals surface area contributed by atoms with Crippen LogP contribution in [0, 0.1) is 0 Å². The zero-order valence-electron chi connectivity index (χ0n) is 13.9. The van der Waals surface area contributed by atoms with Crippen molar-refractivity contribution in [1.29, 1.82) is 0 Å². The first-order valence-corrected chi connectivity index (χ1v) is 7.68. The number of carbonyl (C=O) groups excluding carboxylic acids is 3. The molecule has 2 aromatic carbocycles. The van der Waals surface area contributed by atoms with Gasteiger partial charge in [-0.1, -0.05) is 30.3 Å². The monoisotopic (exact) mass is 340 g/mol. The van der Waals surface area contributed by atoms with Crippen LogP contribution < -0.4 is 21.7 Å². The Morgan fingerprint density at radius 2 is 1.72 bits per heavy atom. The third-order valence-electron chi connectivity index (χ3n) is 3.52. The summed E-state index contributed by atoms with van der Waals surface area (Å²) in [5.74, 6) is -2.42. The van der Waals surface area contributed by atoms with Crippen molar-refractivity contribution >= 4 is 29.1 Å². The SMILES string of the molecule is CC(=O)N(C(=O)C(=O)NCc1cccc(CN)c1)c1cccc(N)c1. The van der Waals surface area contributed by atoms with Crippen LogP contribution in [-0.4, -0.2) is 17.7 Å². The van der Waals surface area contributed by atoms with E-state index in [1.807, 2.05) is 24.3 Å². The number of nitrogens with zero attached hydrogens (tertiary/aromatic N) is 1. The molecule has 0 aliphatic carbocycles. The van der Waals surface area contributed by atoms with Crippen molar-refractivity contribution in [3.8, 4) is 0 Å². The van der Waals surface area contributed by atoms with Gasteiger partial charge in [0.05, 0.1) is 5.69 Å². The molecule has 0 atom stereocenters. The first-order valence-electron chi connectivity index (χ1n) is 7.68. The number of benzene rings is 2. The Morgan fingerprint density at radius 3 is 2.36 bits per heavy atom. The average Bonchev–Trinajstić information content (AvgIpc) is 2.59. The normalized spacial score (nSPS) is 10.2. The summed E-state index contributed by atoms with van der Waals surface area (Å²) in [5, 5.41) is 2.52.